The average molecular weight is 334 g/mol. The molecule has 1 saturated heterocycles. The third-order valence-electron chi connectivity index (χ3n) is 4.49. The second-order valence-corrected chi connectivity index (χ2v) is 7.04. The summed E-state index contributed by atoms with van der Waals surface area (Å²) in [5.41, 5.74) is 5.94. The number of piperidine rings is 1. The maximum Gasteiger partial charge on any atom is 0.262 e. The number of hydrogen-bond donors (Lipinski definition) is 1. The summed E-state index contributed by atoms with van der Waals surface area (Å²) in [5, 5.41) is 2.48. The molecule has 0 radical (unpaired) electrons. The van der Waals surface area contributed by atoms with Crippen molar-refractivity contribution >= 4 is 27.5 Å². The lowest BCUT2D eigenvalue weighted by atomic mass is 9.96. The number of rotatable bonds is 4. The lowest BCUT2D eigenvalue weighted by molar-refractivity contribution is -0.135. The highest BCUT2D eigenvalue weighted by Gasteiger charge is 2.28. The summed E-state index contributed by atoms with van der Waals surface area (Å²) in [6.45, 7) is 3.08. The van der Waals surface area contributed by atoms with E-state index in [9.17, 15) is 9.59 Å². The van der Waals surface area contributed by atoms with Crippen LogP contribution in [0.25, 0.3) is 10.2 Å². The summed E-state index contributed by atoms with van der Waals surface area (Å²) in [4.78, 5) is 31.8. The molecule has 23 heavy (non-hydrogen) atoms. The molecule has 1 aliphatic heterocycles. The number of fused-ring (bicyclic) bond motifs is 1. The molecule has 3 heterocycles. The average Bonchev–Trinajstić information content (AvgIpc) is 3.03. The zero-order chi connectivity index (χ0) is 16.4. The van der Waals surface area contributed by atoms with Crippen molar-refractivity contribution in [1.29, 1.82) is 0 Å². The quantitative estimate of drug-likeness (QED) is 0.920. The Labute approximate surface area is 138 Å². The van der Waals surface area contributed by atoms with Gasteiger partial charge in [-0.15, -0.1) is 11.3 Å². The topological polar surface area (TPSA) is 81.2 Å². The lowest BCUT2D eigenvalue weighted by Crippen LogP contribution is -2.51. The minimum atomic E-state index is -0.0774. The monoisotopic (exact) mass is 334 g/mol. The van der Waals surface area contributed by atoms with Crippen LogP contribution in [0.3, 0.4) is 0 Å². The molecule has 3 rings (SSSR count). The summed E-state index contributed by atoms with van der Waals surface area (Å²) >= 11 is 1.45. The van der Waals surface area contributed by atoms with E-state index in [0.29, 0.717) is 18.4 Å². The van der Waals surface area contributed by atoms with E-state index in [1.807, 2.05) is 17.2 Å². The Hall–Kier alpha value is -1.73. The molecular formula is C16H22N4O2S. The minimum absolute atomic E-state index is 0.0224. The van der Waals surface area contributed by atoms with Crippen LogP contribution in [0.1, 0.15) is 32.6 Å². The summed E-state index contributed by atoms with van der Waals surface area (Å²) in [5.74, 6) is 0.0734. The number of nitrogens with zero attached hydrogens (tertiary/aromatic N) is 3. The number of nitrogens with two attached hydrogens (primary N) is 1. The molecule has 6 nitrogen and oxygen atoms in total. The molecule has 1 fully saturated rings. The van der Waals surface area contributed by atoms with Gasteiger partial charge in [0.15, 0.2) is 0 Å². The van der Waals surface area contributed by atoms with E-state index in [0.717, 1.165) is 30.6 Å². The van der Waals surface area contributed by atoms with Gasteiger partial charge in [0.25, 0.3) is 5.56 Å². The molecule has 124 valence electrons. The van der Waals surface area contributed by atoms with Gasteiger partial charge in [0, 0.05) is 31.6 Å². The molecule has 0 aliphatic carbocycles. The van der Waals surface area contributed by atoms with Gasteiger partial charge in [0.1, 0.15) is 4.83 Å². The highest BCUT2D eigenvalue weighted by atomic mass is 32.1. The van der Waals surface area contributed by atoms with E-state index in [1.54, 1.807) is 6.07 Å². The Bertz CT molecular complexity index is 752. The van der Waals surface area contributed by atoms with Gasteiger partial charge in [0.2, 0.25) is 5.91 Å². The predicted octanol–water partition coefficient (Wildman–Crippen LogP) is 1.58. The molecular weight excluding hydrogens is 312 g/mol. The molecule has 2 N–H and O–H groups in total. The first-order valence-corrected chi connectivity index (χ1v) is 8.93. The van der Waals surface area contributed by atoms with Crippen LogP contribution in [0.4, 0.5) is 0 Å². The van der Waals surface area contributed by atoms with Crippen molar-refractivity contribution < 1.29 is 4.79 Å². The molecule has 2 unspecified atom stereocenters. The van der Waals surface area contributed by atoms with Gasteiger partial charge in [-0.25, -0.2) is 4.98 Å². The third kappa shape index (κ3) is 3.30. The molecule has 0 bridgehead atoms. The molecule has 0 aromatic carbocycles. The van der Waals surface area contributed by atoms with E-state index in [1.165, 1.54) is 22.2 Å². The fourth-order valence-corrected chi connectivity index (χ4v) is 3.95. The van der Waals surface area contributed by atoms with Gasteiger partial charge in [-0.1, -0.05) is 0 Å². The highest BCUT2D eigenvalue weighted by molar-refractivity contribution is 7.16. The molecule has 1 amide bonds. The van der Waals surface area contributed by atoms with Crippen LogP contribution in [0, 0.1) is 0 Å². The fourth-order valence-electron chi connectivity index (χ4n) is 3.23. The first kappa shape index (κ1) is 16.1. The molecule has 2 aromatic rings. The number of thiophene rings is 1. The molecule has 2 aromatic heterocycles. The number of hydrogen-bond acceptors (Lipinski definition) is 5. The van der Waals surface area contributed by atoms with Crippen LogP contribution in [-0.2, 0) is 11.3 Å². The Morgan fingerprint density at radius 1 is 1.52 bits per heavy atom. The van der Waals surface area contributed by atoms with Crippen LogP contribution in [0.2, 0.25) is 0 Å². The van der Waals surface area contributed by atoms with E-state index in [4.69, 9.17) is 5.73 Å². The van der Waals surface area contributed by atoms with Gasteiger partial charge in [-0.2, -0.15) is 0 Å². The van der Waals surface area contributed by atoms with Crippen molar-refractivity contribution in [1.82, 2.24) is 14.5 Å². The van der Waals surface area contributed by atoms with Gasteiger partial charge >= 0.3 is 0 Å². The fraction of sp³-hybridized carbons (Fsp3) is 0.562. The van der Waals surface area contributed by atoms with Gasteiger partial charge in [0.05, 0.1) is 11.7 Å². The van der Waals surface area contributed by atoms with E-state index in [-0.39, 0.29) is 23.6 Å². The van der Waals surface area contributed by atoms with E-state index in [2.05, 4.69) is 4.98 Å². The summed E-state index contributed by atoms with van der Waals surface area (Å²) in [6, 6.07) is 1.88. The Kier molecular flexibility index (Phi) is 4.77. The first-order chi connectivity index (χ1) is 11.1. The van der Waals surface area contributed by atoms with Crippen LogP contribution in [-0.4, -0.2) is 39.0 Å². The minimum Gasteiger partial charge on any atom is -0.338 e. The lowest BCUT2D eigenvalue weighted by Gasteiger charge is -2.38. The van der Waals surface area contributed by atoms with Crippen LogP contribution >= 0.6 is 11.3 Å². The summed E-state index contributed by atoms with van der Waals surface area (Å²) in [6.07, 6.45) is 4.95. The highest BCUT2D eigenvalue weighted by Crippen LogP contribution is 2.20. The second kappa shape index (κ2) is 6.80. The SMILES string of the molecule is CC(N)C1CCCCN1C(=O)CCn1cnc2sccc2c1=O. The number of amides is 1. The van der Waals surface area contributed by atoms with Crippen LogP contribution < -0.4 is 11.3 Å². The maximum absolute atomic E-state index is 12.5. The number of likely N-dealkylation sites (tertiary alicyclic amines) is 1. The molecule has 0 saturated carbocycles. The van der Waals surface area contributed by atoms with Crippen molar-refractivity contribution in [2.24, 2.45) is 5.73 Å². The maximum atomic E-state index is 12.5. The third-order valence-corrected chi connectivity index (χ3v) is 5.31. The van der Waals surface area contributed by atoms with Crippen molar-refractivity contribution in [3.05, 3.63) is 28.1 Å². The zero-order valence-corrected chi connectivity index (χ0v) is 14.1. The van der Waals surface area contributed by atoms with Crippen LogP contribution in [0.5, 0.6) is 0 Å². The zero-order valence-electron chi connectivity index (χ0n) is 13.3. The molecule has 0 spiro atoms. The number of aromatic nitrogens is 2. The van der Waals surface area contributed by atoms with Crippen molar-refractivity contribution in [2.45, 2.75) is 51.2 Å². The molecule has 1 aliphatic rings. The van der Waals surface area contributed by atoms with E-state index < -0.39 is 0 Å². The van der Waals surface area contributed by atoms with Crippen molar-refractivity contribution in [2.75, 3.05) is 6.54 Å². The van der Waals surface area contributed by atoms with Crippen molar-refractivity contribution in [3.8, 4) is 0 Å². The van der Waals surface area contributed by atoms with Gasteiger partial charge < -0.3 is 10.6 Å². The smallest absolute Gasteiger partial charge is 0.262 e. The normalized spacial score (nSPS) is 19.9. The van der Waals surface area contributed by atoms with E-state index >= 15 is 0 Å². The number of carbonyl (C=O) groups is 1. The van der Waals surface area contributed by atoms with Gasteiger partial charge in [-0.3, -0.25) is 14.2 Å². The Morgan fingerprint density at radius 2 is 2.35 bits per heavy atom. The standard InChI is InChI=1S/C16H22N4O2S/c1-11(17)13-4-2-3-7-20(13)14(21)5-8-19-10-18-15-12(16(19)22)6-9-23-15/h6,9-11,13H,2-5,7-8,17H2,1H3. The Balaban J connectivity index is 1.70. The first-order valence-electron chi connectivity index (χ1n) is 8.05. The van der Waals surface area contributed by atoms with Crippen LogP contribution in [0.15, 0.2) is 22.6 Å². The summed E-state index contributed by atoms with van der Waals surface area (Å²) in [7, 11) is 0. The molecule has 2 atom stereocenters. The predicted molar refractivity (Wildman–Crippen MR) is 91.5 cm³/mol. The number of carbonyl (C=O) groups excluding carboxylic acids is 1. The second-order valence-electron chi connectivity index (χ2n) is 6.14. The summed E-state index contributed by atoms with van der Waals surface area (Å²) < 4.78 is 1.53. The van der Waals surface area contributed by atoms with Crippen molar-refractivity contribution in [3.63, 3.8) is 0 Å². The Morgan fingerprint density at radius 3 is 3.13 bits per heavy atom. The molecule has 7 heteroatoms. The number of aryl methyl sites for hydroxylation is 1. The largest absolute Gasteiger partial charge is 0.338 e. The van der Waals surface area contributed by atoms with Gasteiger partial charge in [-0.05, 0) is 37.6 Å².